The van der Waals surface area contributed by atoms with Crippen LogP contribution in [0.2, 0.25) is 0 Å². The molecule has 11 nitrogen and oxygen atoms in total. The molecule has 1 N–H and O–H groups in total. The van der Waals surface area contributed by atoms with Crippen LogP contribution in [0.4, 0.5) is 5.69 Å². The number of fused-ring (bicyclic) bond motifs is 1. The van der Waals surface area contributed by atoms with Gasteiger partial charge in [-0.3, -0.25) is 24.3 Å². The molecule has 11 heteroatoms. The van der Waals surface area contributed by atoms with Crippen LogP contribution in [-0.4, -0.2) is 90.8 Å². The molecule has 1 fully saturated rings. The molecule has 0 unspecified atom stereocenters. The van der Waals surface area contributed by atoms with Gasteiger partial charge >= 0.3 is 5.97 Å². The number of aromatic nitrogens is 1. The summed E-state index contributed by atoms with van der Waals surface area (Å²) in [4.78, 5) is 47.9. The van der Waals surface area contributed by atoms with Crippen LogP contribution in [0.25, 0.3) is 0 Å². The van der Waals surface area contributed by atoms with Gasteiger partial charge in [-0.2, -0.15) is 0 Å². The van der Waals surface area contributed by atoms with Gasteiger partial charge in [0, 0.05) is 51.8 Å². The van der Waals surface area contributed by atoms with Gasteiger partial charge in [0.15, 0.2) is 11.5 Å². The lowest BCUT2D eigenvalue weighted by Gasteiger charge is -2.30. The van der Waals surface area contributed by atoms with E-state index in [2.05, 4.69) is 11.9 Å². The molecule has 2 amide bonds. The number of hydrogen-bond donors (Lipinski definition) is 1. The highest BCUT2D eigenvalue weighted by Gasteiger charge is 2.47. The molecular formula is C29H38N4O7. The van der Waals surface area contributed by atoms with E-state index in [0.717, 1.165) is 18.4 Å². The number of pyridine rings is 1. The van der Waals surface area contributed by atoms with Crippen LogP contribution in [0, 0.1) is 5.92 Å². The monoisotopic (exact) mass is 554 g/mol. The standard InChI is InChI=1S/C29H38N4O7/c1-5-6-11-33(21-8-7-10-30-15-21)26(35)17-32-16-22(20-13-24(38-4)28-25(14-20)39-18-40-28)27(29(36)37)23(32)9-12-31(3)19(2)34/h7-8,10,13-15,22-23,27H,5-6,9,11-12,16-18H2,1-4H3,(H,36,37)/t22-,23+,27-/m1/s1. The number of carbonyl (C=O) groups excluding carboxylic acids is 2. The molecule has 3 heterocycles. The summed E-state index contributed by atoms with van der Waals surface area (Å²) < 4.78 is 16.7. The van der Waals surface area contributed by atoms with Crippen molar-refractivity contribution < 1.29 is 33.7 Å². The van der Waals surface area contributed by atoms with E-state index in [1.165, 1.54) is 14.0 Å². The second-order valence-corrected chi connectivity index (χ2v) is 10.3. The Morgan fingerprint density at radius 1 is 1.23 bits per heavy atom. The smallest absolute Gasteiger partial charge is 0.308 e. The van der Waals surface area contributed by atoms with E-state index >= 15 is 0 Å². The van der Waals surface area contributed by atoms with Gasteiger partial charge < -0.3 is 29.1 Å². The van der Waals surface area contributed by atoms with Crippen molar-refractivity contribution in [1.82, 2.24) is 14.8 Å². The molecule has 0 radical (unpaired) electrons. The van der Waals surface area contributed by atoms with Crippen molar-refractivity contribution in [2.24, 2.45) is 5.92 Å². The Hall–Kier alpha value is -3.86. The van der Waals surface area contributed by atoms with Gasteiger partial charge in [-0.15, -0.1) is 0 Å². The van der Waals surface area contributed by atoms with Crippen LogP contribution in [0.5, 0.6) is 17.2 Å². The fourth-order valence-corrected chi connectivity index (χ4v) is 5.52. The van der Waals surface area contributed by atoms with E-state index in [1.807, 2.05) is 11.0 Å². The quantitative estimate of drug-likeness (QED) is 0.422. The van der Waals surface area contributed by atoms with Crippen LogP contribution in [0.15, 0.2) is 36.7 Å². The van der Waals surface area contributed by atoms with Crippen molar-refractivity contribution in [2.45, 2.75) is 45.1 Å². The third-order valence-electron chi connectivity index (χ3n) is 7.77. The number of benzene rings is 1. The normalized spacial score (nSPS) is 19.9. The van der Waals surface area contributed by atoms with Gasteiger partial charge in [-0.25, -0.2) is 0 Å². The van der Waals surface area contributed by atoms with Gasteiger partial charge in [-0.05, 0) is 42.7 Å². The molecule has 0 bridgehead atoms. The zero-order valence-electron chi connectivity index (χ0n) is 23.5. The third kappa shape index (κ3) is 6.30. The molecule has 3 atom stereocenters. The van der Waals surface area contributed by atoms with Crippen molar-refractivity contribution in [2.75, 3.05) is 52.0 Å². The summed E-state index contributed by atoms with van der Waals surface area (Å²) in [7, 11) is 3.22. The zero-order chi connectivity index (χ0) is 28.8. The molecule has 1 aromatic carbocycles. The highest BCUT2D eigenvalue weighted by molar-refractivity contribution is 5.94. The molecule has 1 aromatic heterocycles. The molecular weight excluding hydrogens is 516 g/mol. The largest absolute Gasteiger partial charge is 0.493 e. The van der Waals surface area contributed by atoms with Crippen molar-refractivity contribution in [3.8, 4) is 17.2 Å². The second-order valence-electron chi connectivity index (χ2n) is 10.3. The Bertz CT molecular complexity index is 1210. The zero-order valence-corrected chi connectivity index (χ0v) is 23.5. The van der Waals surface area contributed by atoms with Gasteiger partial charge in [-0.1, -0.05) is 13.3 Å². The van der Waals surface area contributed by atoms with Gasteiger partial charge in [0.25, 0.3) is 0 Å². The van der Waals surface area contributed by atoms with E-state index in [1.54, 1.807) is 47.4 Å². The molecule has 2 aliphatic rings. The Kier molecular flexibility index (Phi) is 9.46. The van der Waals surface area contributed by atoms with E-state index in [-0.39, 0.29) is 25.2 Å². The van der Waals surface area contributed by atoms with Crippen LogP contribution < -0.4 is 19.1 Å². The molecule has 4 rings (SSSR count). The highest BCUT2D eigenvalue weighted by Crippen LogP contribution is 2.47. The van der Waals surface area contributed by atoms with Crippen LogP contribution in [-0.2, 0) is 14.4 Å². The maximum absolute atomic E-state index is 13.8. The van der Waals surface area contributed by atoms with E-state index in [0.29, 0.717) is 49.0 Å². The average Bonchev–Trinajstić information content (AvgIpc) is 3.56. The Morgan fingerprint density at radius 2 is 2.02 bits per heavy atom. The number of likely N-dealkylation sites (tertiary alicyclic amines) is 1. The van der Waals surface area contributed by atoms with E-state index in [4.69, 9.17) is 14.2 Å². The first-order chi connectivity index (χ1) is 19.2. The number of ether oxygens (including phenoxy) is 3. The van der Waals surface area contributed by atoms with Crippen molar-refractivity contribution in [3.63, 3.8) is 0 Å². The lowest BCUT2D eigenvalue weighted by Crippen LogP contribution is -2.45. The predicted octanol–water partition coefficient (Wildman–Crippen LogP) is 2.99. The number of carbonyl (C=O) groups is 3. The summed E-state index contributed by atoms with van der Waals surface area (Å²) in [6.45, 7) is 4.89. The molecule has 0 saturated carbocycles. The number of carboxylic acid groups (broad SMARTS) is 1. The summed E-state index contributed by atoms with van der Waals surface area (Å²) in [5, 5.41) is 10.5. The van der Waals surface area contributed by atoms with Crippen LogP contribution in [0.1, 0.15) is 44.6 Å². The van der Waals surface area contributed by atoms with Crippen molar-refractivity contribution >= 4 is 23.5 Å². The highest BCUT2D eigenvalue weighted by atomic mass is 16.7. The fraction of sp³-hybridized carbons (Fsp3) is 0.517. The molecule has 1 saturated heterocycles. The third-order valence-corrected chi connectivity index (χ3v) is 7.77. The summed E-state index contributed by atoms with van der Waals surface area (Å²) in [6.07, 6.45) is 5.47. The Morgan fingerprint density at radius 3 is 2.67 bits per heavy atom. The van der Waals surface area contributed by atoms with Gasteiger partial charge in [0.1, 0.15) is 0 Å². The second kappa shape index (κ2) is 13.0. The number of hydrogen-bond acceptors (Lipinski definition) is 8. The number of carboxylic acids is 1. The van der Waals surface area contributed by atoms with Crippen LogP contribution >= 0.6 is 0 Å². The van der Waals surface area contributed by atoms with Crippen molar-refractivity contribution in [3.05, 3.63) is 42.2 Å². The molecule has 2 aromatic rings. The Labute approximate surface area is 234 Å². The molecule has 0 spiro atoms. The number of aliphatic carboxylic acids is 1. The minimum absolute atomic E-state index is 0.0367. The van der Waals surface area contributed by atoms with Crippen LogP contribution in [0.3, 0.4) is 0 Å². The molecule has 0 aliphatic carbocycles. The van der Waals surface area contributed by atoms with Crippen molar-refractivity contribution in [1.29, 1.82) is 0 Å². The first-order valence-corrected chi connectivity index (χ1v) is 13.6. The molecule has 2 aliphatic heterocycles. The lowest BCUT2D eigenvalue weighted by atomic mass is 9.84. The van der Waals surface area contributed by atoms with E-state index < -0.39 is 23.8 Å². The maximum Gasteiger partial charge on any atom is 0.308 e. The lowest BCUT2D eigenvalue weighted by molar-refractivity contribution is -0.143. The first-order valence-electron chi connectivity index (χ1n) is 13.6. The van der Waals surface area contributed by atoms with E-state index in [9.17, 15) is 19.5 Å². The van der Waals surface area contributed by atoms with Gasteiger partial charge in [0.05, 0.1) is 31.5 Å². The average molecular weight is 555 g/mol. The summed E-state index contributed by atoms with van der Waals surface area (Å²) in [5.41, 5.74) is 1.45. The summed E-state index contributed by atoms with van der Waals surface area (Å²) in [5.74, 6) is -0.981. The number of methoxy groups -OCH3 is 1. The summed E-state index contributed by atoms with van der Waals surface area (Å²) >= 11 is 0. The number of unbranched alkanes of at least 4 members (excludes halogenated alkanes) is 1. The topological polar surface area (TPSA) is 122 Å². The minimum atomic E-state index is -0.956. The van der Waals surface area contributed by atoms with Gasteiger partial charge in [0.2, 0.25) is 24.4 Å². The minimum Gasteiger partial charge on any atom is -0.493 e. The number of nitrogens with zero attached hydrogens (tertiary/aromatic N) is 4. The Balaban J connectivity index is 1.67. The molecule has 216 valence electrons. The first kappa shape index (κ1) is 29.1. The SMILES string of the molecule is CCCCN(C(=O)CN1C[C@H](c2cc(OC)c3c(c2)OCO3)[C@@H](C(=O)O)[C@@H]1CCN(C)C(C)=O)c1cccnc1. The molecule has 40 heavy (non-hydrogen) atoms. The summed E-state index contributed by atoms with van der Waals surface area (Å²) in [6, 6.07) is 6.76. The number of anilines is 1. The predicted molar refractivity (Wildman–Crippen MR) is 148 cm³/mol. The maximum atomic E-state index is 13.8. The number of rotatable bonds is 12. The fourth-order valence-electron chi connectivity index (χ4n) is 5.52. The number of amides is 2.